The topological polar surface area (TPSA) is 40.5 Å². The lowest BCUT2D eigenvalue weighted by molar-refractivity contribution is 0.204. The highest BCUT2D eigenvalue weighted by Gasteiger charge is 2.06. The average Bonchev–Trinajstić information content (AvgIpc) is 2.54. The van der Waals surface area contributed by atoms with Crippen LogP contribution < -0.4 is 0 Å². The van der Waals surface area contributed by atoms with Crippen LogP contribution in [0.3, 0.4) is 0 Å². The highest BCUT2D eigenvalue weighted by atomic mass is 16.3. The largest absolute Gasteiger partial charge is 0.396 e. The molecule has 0 bridgehead atoms. The fourth-order valence-electron chi connectivity index (χ4n) is 3.15. The van der Waals surface area contributed by atoms with E-state index in [0.717, 1.165) is 12.8 Å². The van der Waals surface area contributed by atoms with Crippen LogP contribution in [-0.4, -0.2) is 23.4 Å². The molecular formula is C20H42O2. The highest BCUT2D eigenvalue weighted by Crippen LogP contribution is 2.18. The lowest BCUT2D eigenvalue weighted by Gasteiger charge is -2.13. The quantitative estimate of drug-likeness (QED) is 0.312. The Kier molecular flexibility index (Phi) is 18.9. The molecule has 2 N–H and O–H groups in total. The average molecular weight is 315 g/mol. The highest BCUT2D eigenvalue weighted by molar-refractivity contribution is 4.59. The molecule has 0 rings (SSSR count). The molecule has 0 saturated heterocycles. The molecule has 0 aliphatic carbocycles. The Morgan fingerprint density at radius 2 is 0.955 bits per heavy atom. The Labute approximate surface area is 139 Å². The number of aliphatic hydroxyl groups excluding tert-OH is 2. The van der Waals surface area contributed by atoms with Gasteiger partial charge in [-0.2, -0.15) is 0 Å². The summed E-state index contributed by atoms with van der Waals surface area (Å²) in [7, 11) is 0. The number of rotatable bonds is 18. The summed E-state index contributed by atoms with van der Waals surface area (Å²) in [4.78, 5) is 0. The summed E-state index contributed by atoms with van der Waals surface area (Å²) >= 11 is 0. The third kappa shape index (κ3) is 16.3. The lowest BCUT2D eigenvalue weighted by Crippen LogP contribution is -2.06. The van der Waals surface area contributed by atoms with E-state index in [1.165, 1.54) is 89.9 Å². The molecule has 2 heteroatoms. The fraction of sp³-hybridized carbons (Fsp3) is 1.00. The van der Waals surface area contributed by atoms with Crippen molar-refractivity contribution < 1.29 is 10.2 Å². The van der Waals surface area contributed by atoms with Crippen LogP contribution in [0.2, 0.25) is 0 Å². The summed E-state index contributed by atoms with van der Waals surface area (Å²) in [5.74, 6) is 0.539. The van der Waals surface area contributed by atoms with Crippen LogP contribution in [0.25, 0.3) is 0 Å². The minimum Gasteiger partial charge on any atom is -0.396 e. The van der Waals surface area contributed by atoms with Gasteiger partial charge in [-0.15, -0.1) is 0 Å². The van der Waals surface area contributed by atoms with Crippen LogP contribution in [0.5, 0.6) is 0 Å². The Bertz CT molecular complexity index is 194. The number of aliphatic hydroxyl groups is 2. The van der Waals surface area contributed by atoms with E-state index >= 15 is 0 Å². The Balaban J connectivity index is 3.29. The number of hydrogen-bond acceptors (Lipinski definition) is 2. The van der Waals surface area contributed by atoms with Crippen molar-refractivity contribution in [2.75, 3.05) is 13.2 Å². The first kappa shape index (κ1) is 21.9. The fourth-order valence-corrected chi connectivity index (χ4v) is 3.15. The van der Waals surface area contributed by atoms with E-state index < -0.39 is 0 Å². The first-order valence-corrected chi connectivity index (χ1v) is 10.1. The van der Waals surface area contributed by atoms with Gasteiger partial charge in [0, 0.05) is 13.2 Å². The smallest absolute Gasteiger partial charge is 0.0459 e. The van der Waals surface area contributed by atoms with E-state index in [4.69, 9.17) is 5.11 Å². The molecule has 1 unspecified atom stereocenters. The summed E-state index contributed by atoms with van der Waals surface area (Å²) in [5, 5.41) is 18.2. The maximum atomic E-state index is 9.47. The predicted molar refractivity (Wildman–Crippen MR) is 97.2 cm³/mol. The molecule has 2 nitrogen and oxygen atoms in total. The van der Waals surface area contributed by atoms with Gasteiger partial charge in [0.25, 0.3) is 0 Å². The van der Waals surface area contributed by atoms with Crippen molar-refractivity contribution in [3.8, 4) is 0 Å². The SMILES string of the molecule is CCCCCCCCCCC(CO)CCCCCCCCO. The minimum absolute atomic E-state index is 0.338. The maximum absolute atomic E-state index is 9.47. The molecule has 0 aromatic carbocycles. The molecule has 0 radical (unpaired) electrons. The first-order valence-electron chi connectivity index (χ1n) is 10.1. The van der Waals surface area contributed by atoms with Crippen LogP contribution in [0, 0.1) is 5.92 Å². The molecule has 0 fully saturated rings. The van der Waals surface area contributed by atoms with Crippen LogP contribution >= 0.6 is 0 Å². The second-order valence-electron chi connectivity index (χ2n) is 6.95. The van der Waals surface area contributed by atoms with Crippen LogP contribution in [0.4, 0.5) is 0 Å². The van der Waals surface area contributed by atoms with E-state index in [1.807, 2.05) is 0 Å². The van der Waals surface area contributed by atoms with E-state index in [9.17, 15) is 5.11 Å². The zero-order chi connectivity index (χ0) is 16.3. The molecule has 1 atom stereocenters. The van der Waals surface area contributed by atoms with Crippen molar-refractivity contribution in [2.45, 2.75) is 110 Å². The van der Waals surface area contributed by atoms with Gasteiger partial charge in [0.15, 0.2) is 0 Å². The molecule has 0 saturated carbocycles. The first-order chi connectivity index (χ1) is 10.8. The summed E-state index contributed by atoms with van der Waals surface area (Å²) in [5.41, 5.74) is 0. The molecule has 0 aromatic rings. The third-order valence-corrected chi connectivity index (χ3v) is 4.74. The molecule has 0 aromatic heterocycles. The van der Waals surface area contributed by atoms with Gasteiger partial charge in [-0.1, -0.05) is 90.4 Å². The van der Waals surface area contributed by atoms with Crippen molar-refractivity contribution in [2.24, 2.45) is 5.92 Å². The van der Waals surface area contributed by atoms with E-state index in [2.05, 4.69) is 6.92 Å². The van der Waals surface area contributed by atoms with Gasteiger partial charge in [-0.25, -0.2) is 0 Å². The molecule has 0 amide bonds. The zero-order valence-electron chi connectivity index (χ0n) is 15.2. The van der Waals surface area contributed by atoms with Crippen molar-refractivity contribution in [3.63, 3.8) is 0 Å². The van der Waals surface area contributed by atoms with Gasteiger partial charge in [0.1, 0.15) is 0 Å². The van der Waals surface area contributed by atoms with E-state index in [-0.39, 0.29) is 0 Å². The lowest BCUT2D eigenvalue weighted by atomic mass is 9.95. The predicted octanol–water partition coefficient (Wildman–Crippen LogP) is 5.85. The van der Waals surface area contributed by atoms with Crippen molar-refractivity contribution in [1.82, 2.24) is 0 Å². The molecule has 0 aliphatic heterocycles. The van der Waals surface area contributed by atoms with Gasteiger partial charge in [-0.05, 0) is 25.2 Å². The van der Waals surface area contributed by atoms with Gasteiger partial charge in [0.2, 0.25) is 0 Å². The summed E-state index contributed by atoms with van der Waals surface area (Å²) in [6, 6.07) is 0. The molecule has 134 valence electrons. The van der Waals surface area contributed by atoms with Crippen molar-refractivity contribution in [3.05, 3.63) is 0 Å². The molecule has 0 spiro atoms. The molecule has 0 heterocycles. The third-order valence-electron chi connectivity index (χ3n) is 4.74. The second kappa shape index (κ2) is 19.0. The second-order valence-corrected chi connectivity index (χ2v) is 6.95. The zero-order valence-corrected chi connectivity index (χ0v) is 15.2. The minimum atomic E-state index is 0.338. The van der Waals surface area contributed by atoms with Gasteiger partial charge < -0.3 is 10.2 Å². The number of unbranched alkanes of at least 4 members (excludes halogenated alkanes) is 12. The van der Waals surface area contributed by atoms with Gasteiger partial charge in [0.05, 0.1) is 0 Å². The van der Waals surface area contributed by atoms with Crippen molar-refractivity contribution >= 4 is 0 Å². The maximum Gasteiger partial charge on any atom is 0.0459 e. The van der Waals surface area contributed by atoms with E-state index in [0.29, 0.717) is 19.1 Å². The van der Waals surface area contributed by atoms with E-state index in [1.54, 1.807) is 0 Å². The number of hydrogen-bond donors (Lipinski definition) is 2. The van der Waals surface area contributed by atoms with Crippen molar-refractivity contribution in [1.29, 1.82) is 0 Å². The molecular weight excluding hydrogens is 272 g/mol. The normalized spacial score (nSPS) is 12.7. The summed E-state index contributed by atoms with van der Waals surface area (Å²) in [6.07, 6.45) is 20.6. The monoisotopic (exact) mass is 314 g/mol. The molecule has 0 aliphatic rings. The standard InChI is InChI=1S/C20H42O2/c1-2-3-4-5-6-7-10-13-16-20(19-22)17-14-11-8-9-12-15-18-21/h20-22H,2-19H2,1H3. The summed E-state index contributed by atoms with van der Waals surface area (Å²) < 4.78 is 0. The van der Waals surface area contributed by atoms with Gasteiger partial charge in [-0.3, -0.25) is 0 Å². The van der Waals surface area contributed by atoms with Crippen LogP contribution in [0.15, 0.2) is 0 Å². The Morgan fingerprint density at radius 1 is 0.545 bits per heavy atom. The summed E-state index contributed by atoms with van der Waals surface area (Å²) in [6.45, 7) is 2.98. The van der Waals surface area contributed by atoms with Crippen LogP contribution in [0.1, 0.15) is 110 Å². The Hall–Kier alpha value is -0.0800. The Morgan fingerprint density at radius 3 is 1.36 bits per heavy atom. The van der Waals surface area contributed by atoms with Crippen LogP contribution in [-0.2, 0) is 0 Å². The molecule has 22 heavy (non-hydrogen) atoms. The van der Waals surface area contributed by atoms with Gasteiger partial charge >= 0.3 is 0 Å².